The first-order valence-corrected chi connectivity index (χ1v) is 19.0. The summed E-state index contributed by atoms with van der Waals surface area (Å²) >= 11 is -2.01. The second-order valence-electron chi connectivity index (χ2n) is 7.94. The van der Waals surface area contributed by atoms with Crippen LogP contribution in [-0.2, 0) is 11.3 Å². The number of unbranched alkanes of at least 4 members (excludes halogenated alkanes) is 3. The Morgan fingerprint density at radius 2 is 1.42 bits per heavy atom. The second kappa shape index (κ2) is 14.7. The Bertz CT molecular complexity index is 447. The fraction of sp³-hybridized carbons (Fsp3) is 0.667. The van der Waals surface area contributed by atoms with Crippen molar-refractivity contribution >= 4 is 18.4 Å². The van der Waals surface area contributed by atoms with Crippen LogP contribution < -0.4 is 0 Å². The first-order valence-electron chi connectivity index (χ1n) is 11.0. The normalized spacial score (nSPS) is 13.4. The quantitative estimate of drug-likeness (QED) is 0.188. The van der Waals surface area contributed by atoms with E-state index in [0.717, 1.165) is 0 Å². The van der Waals surface area contributed by atoms with Crippen molar-refractivity contribution in [3.8, 4) is 0 Å². The van der Waals surface area contributed by atoms with Gasteiger partial charge in [0.2, 0.25) is 0 Å². The van der Waals surface area contributed by atoms with Gasteiger partial charge in [0.1, 0.15) is 0 Å². The summed E-state index contributed by atoms with van der Waals surface area (Å²) < 4.78 is 12.2. The minimum atomic E-state index is -2.01. The molecule has 0 saturated carbocycles. The van der Waals surface area contributed by atoms with E-state index in [9.17, 15) is 0 Å². The molecule has 1 aromatic rings. The Labute approximate surface area is 167 Å². The number of ether oxygens (including phenoxy) is 1. The van der Waals surface area contributed by atoms with Gasteiger partial charge >= 0.3 is 168 Å². The summed E-state index contributed by atoms with van der Waals surface area (Å²) in [5.41, 5.74) is 1.26. The molecule has 0 aliphatic carbocycles. The Morgan fingerprint density at radius 1 is 0.885 bits per heavy atom. The Balaban J connectivity index is 2.58. The van der Waals surface area contributed by atoms with Gasteiger partial charge in [0.05, 0.1) is 0 Å². The number of allylic oxidation sites excluding steroid dienone is 1. The molecule has 0 aliphatic heterocycles. The van der Waals surface area contributed by atoms with Gasteiger partial charge in [-0.1, -0.05) is 0 Å². The van der Waals surface area contributed by atoms with Crippen molar-refractivity contribution in [2.45, 2.75) is 96.7 Å². The van der Waals surface area contributed by atoms with E-state index in [1.165, 1.54) is 48.5 Å². The van der Waals surface area contributed by atoms with Crippen molar-refractivity contribution < 1.29 is 4.74 Å². The van der Waals surface area contributed by atoms with Crippen LogP contribution in [-0.4, -0.2) is 24.5 Å². The third kappa shape index (κ3) is 10.2. The summed E-state index contributed by atoms with van der Waals surface area (Å²) in [5.74, 6) is 0. The van der Waals surface area contributed by atoms with E-state index >= 15 is 0 Å². The van der Waals surface area contributed by atoms with Crippen molar-refractivity contribution in [2.24, 2.45) is 0 Å². The minimum absolute atomic E-state index is 0.211. The molecule has 1 nitrogen and oxygen atoms in total. The Kier molecular flexibility index (Phi) is 13.5. The van der Waals surface area contributed by atoms with Crippen molar-refractivity contribution in [1.29, 1.82) is 0 Å². The molecule has 1 atom stereocenters. The van der Waals surface area contributed by atoms with E-state index in [0.29, 0.717) is 6.61 Å². The van der Waals surface area contributed by atoms with Gasteiger partial charge in [0.25, 0.3) is 0 Å². The van der Waals surface area contributed by atoms with Crippen molar-refractivity contribution in [3.63, 3.8) is 0 Å². The van der Waals surface area contributed by atoms with Gasteiger partial charge in [-0.2, -0.15) is 0 Å². The third-order valence-electron chi connectivity index (χ3n) is 5.50. The summed E-state index contributed by atoms with van der Waals surface area (Å²) in [7, 11) is 0. The van der Waals surface area contributed by atoms with Gasteiger partial charge in [0.15, 0.2) is 0 Å². The van der Waals surface area contributed by atoms with Crippen molar-refractivity contribution in [1.82, 2.24) is 0 Å². The van der Waals surface area contributed by atoms with Crippen molar-refractivity contribution in [2.75, 3.05) is 0 Å². The maximum atomic E-state index is 6.02. The zero-order valence-electron chi connectivity index (χ0n) is 17.8. The summed E-state index contributed by atoms with van der Waals surface area (Å²) in [6, 6.07) is 10.5. The molecule has 148 valence electrons. The van der Waals surface area contributed by atoms with Crippen LogP contribution in [0.15, 0.2) is 42.5 Å². The first kappa shape index (κ1) is 23.8. The van der Waals surface area contributed by atoms with Gasteiger partial charge in [-0.25, -0.2) is 0 Å². The molecule has 1 rings (SSSR count). The molecule has 26 heavy (non-hydrogen) atoms. The molecular weight excluding hydrogens is 423 g/mol. The van der Waals surface area contributed by atoms with E-state index in [2.05, 4.69) is 70.2 Å². The summed E-state index contributed by atoms with van der Waals surface area (Å²) in [6.45, 7) is 9.95. The Morgan fingerprint density at radius 3 is 1.92 bits per heavy atom. The molecule has 0 unspecified atom stereocenters. The molecule has 0 aliphatic rings. The first-order chi connectivity index (χ1) is 12.7. The van der Waals surface area contributed by atoms with Crippen LogP contribution >= 0.6 is 0 Å². The fourth-order valence-corrected chi connectivity index (χ4v) is 18.9. The van der Waals surface area contributed by atoms with E-state index in [1.54, 1.807) is 13.3 Å². The number of rotatable bonds is 15. The van der Waals surface area contributed by atoms with Crippen molar-refractivity contribution in [3.05, 3.63) is 48.0 Å². The van der Waals surface area contributed by atoms with E-state index < -0.39 is 18.4 Å². The molecule has 0 bridgehead atoms. The molecule has 0 saturated heterocycles. The number of hydrogen-bond acceptors (Lipinski definition) is 1. The predicted molar refractivity (Wildman–Crippen MR) is 120 cm³/mol. The zero-order chi connectivity index (χ0) is 19.1. The molecular formula is C24H42OSn. The van der Waals surface area contributed by atoms with Gasteiger partial charge in [-0.3, -0.25) is 0 Å². The molecule has 0 fully saturated rings. The van der Waals surface area contributed by atoms with Crippen LogP contribution in [0.1, 0.15) is 71.8 Å². The molecule has 0 heterocycles. The van der Waals surface area contributed by atoms with Crippen LogP contribution in [0.5, 0.6) is 0 Å². The molecule has 0 amide bonds. The summed E-state index contributed by atoms with van der Waals surface area (Å²) in [6.07, 6.45) is 13.5. The van der Waals surface area contributed by atoms with Crippen LogP contribution in [0.2, 0.25) is 17.7 Å². The maximum absolute atomic E-state index is 6.02. The molecule has 1 aromatic carbocycles. The van der Waals surface area contributed by atoms with Gasteiger partial charge in [-0.05, 0) is 0 Å². The molecule has 0 N–H and O–H groups in total. The zero-order valence-corrected chi connectivity index (χ0v) is 20.7. The van der Waals surface area contributed by atoms with Gasteiger partial charge < -0.3 is 0 Å². The predicted octanol–water partition coefficient (Wildman–Crippen LogP) is 8.00. The van der Waals surface area contributed by atoms with E-state index in [-0.39, 0.29) is 6.10 Å². The molecule has 0 spiro atoms. The Hall–Kier alpha value is -0.281. The van der Waals surface area contributed by atoms with E-state index in [1.807, 2.05) is 0 Å². The summed E-state index contributed by atoms with van der Waals surface area (Å²) in [4.78, 5) is 0. The number of hydrogen-bond donors (Lipinski definition) is 0. The molecule has 0 aromatic heterocycles. The standard InChI is InChI=1S/C12H15O.3C4H9.Sn/c1-3-7-11(2)13-10-12-8-5-4-6-9-12;3*1-3-4-2;/h3-9,11H,1,10H2,2H3;3*1,3-4H2,2H3;/t11-;;;;/m0..../s1. The monoisotopic (exact) mass is 466 g/mol. The van der Waals surface area contributed by atoms with Gasteiger partial charge in [0, 0.05) is 0 Å². The van der Waals surface area contributed by atoms with Gasteiger partial charge in [-0.15, -0.1) is 0 Å². The molecule has 0 radical (unpaired) electrons. The van der Waals surface area contributed by atoms with Crippen LogP contribution in [0.4, 0.5) is 0 Å². The fourth-order valence-electron chi connectivity index (χ4n) is 3.70. The number of benzene rings is 1. The molecule has 2 heteroatoms. The third-order valence-corrected chi connectivity index (χ3v) is 20.7. The summed E-state index contributed by atoms with van der Waals surface area (Å²) in [5, 5.41) is 0. The second-order valence-corrected chi connectivity index (χ2v) is 22.0. The SMILES string of the molecule is CCC[CH2][Sn]([CH2]C=C[C@H](C)OCc1ccccc1)([CH2]CCC)[CH2]CCC. The van der Waals surface area contributed by atoms with Crippen LogP contribution in [0.25, 0.3) is 0 Å². The average molecular weight is 465 g/mol. The van der Waals surface area contributed by atoms with E-state index in [4.69, 9.17) is 4.74 Å². The average Bonchev–Trinajstić information content (AvgIpc) is 2.68. The van der Waals surface area contributed by atoms with Crippen LogP contribution in [0, 0.1) is 0 Å². The van der Waals surface area contributed by atoms with Crippen LogP contribution in [0.3, 0.4) is 0 Å². The topological polar surface area (TPSA) is 9.23 Å².